The summed E-state index contributed by atoms with van der Waals surface area (Å²) < 4.78 is 13.7. The van der Waals surface area contributed by atoms with Crippen LogP contribution in [-0.2, 0) is 0 Å². The highest BCUT2D eigenvalue weighted by Crippen LogP contribution is 2.23. The number of halogens is 2. The Bertz CT molecular complexity index is 661. The van der Waals surface area contributed by atoms with Crippen molar-refractivity contribution in [1.82, 2.24) is 0 Å². The minimum absolute atomic E-state index is 0.0396. The molecule has 0 fully saturated rings. The van der Waals surface area contributed by atoms with Crippen LogP contribution in [0.1, 0.15) is 15.9 Å². The summed E-state index contributed by atoms with van der Waals surface area (Å²) in [6.45, 7) is 1.77. The molecule has 0 saturated heterocycles. The number of aryl methyl sites for hydroxylation is 1. The Kier molecular flexibility index (Phi) is 4.22. The summed E-state index contributed by atoms with van der Waals surface area (Å²) in [6, 6.07) is 9.43. The van der Waals surface area contributed by atoms with Gasteiger partial charge in [-0.15, -0.1) is 0 Å². The summed E-state index contributed by atoms with van der Waals surface area (Å²) in [7, 11) is 0. The van der Waals surface area contributed by atoms with E-state index < -0.39 is 11.7 Å². The molecule has 0 aliphatic rings. The predicted octanol–water partition coefficient (Wildman–Crippen LogP) is 3.33. The lowest BCUT2D eigenvalue weighted by molar-refractivity contribution is 0.102. The van der Waals surface area contributed by atoms with E-state index in [1.165, 1.54) is 12.1 Å². The Labute approximate surface area is 120 Å². The highest BCUT2D eigenvalue weighted by molar-refractivity contribution is 6.31. The lowest BCUT2D eigenvalue weighted by Crippen LogP contribution is -2.15. The van der Waals surface area contributed by atoms with Crippen LogP contribution in [0.5, 0.6) is 0 Å². The molecule has 0 bridgehead atoms. The summed E-state index contributed by atoms with van der Waals surface area (Å²) in [5.74, 6) is 4.23. The van der Waals surface area contributed by atoms with E-state index in [0.717, 1.165) is 5.56 Å². The molecule has 4 nitrogen and oxygen atoms in total. The summed E-state index contributed by atoms with van der Waals surface area (Å²) in [6.07, 6.45) is 0. The third-order valence-electron chi connectivity index (χ3n) is 2.84. The van der Waals surface area contributed by atoms with Crippen molar-refractivity contribution in [2.75, 3.05) is 10.7 Å². The maximum atomic E-state index is 13.7. The number of hydrogen-bond acceptors (Lipinski definition) is 3. The molecule has 0 atom stereocenters. The maximum Gasteiger partial charge on any atom is 0.256 e. The zero-order chi connectivity index (χ0) is 14.7. The van der Waals surface area contributed by atoms with Crippen LogP contribution < -0.4 is 16.6 Å². The molecule has 1 amide bonds. The lowest BCUT2D eigenvalue weighted by atomic mass is 10.1. The molecule has 0 spiro atoms. The molecular formula is C14H13ClFN3O. The first-order valence-electron chi connectivity index (χ1n) is 5.85. The molecule has 20 heavy (non-hydrogen) atoms. The molecular weight excluding hydrogens is 281 g/mol. The SMILES string of the molecule is Cc1cc(NN)ccc1C(=O)Nc1cccc(Cl)c1F. The van der Waals surface area contributed by atoms with Crippen LogP contribution in [-0.4, -0.2) is 5.91 Å². The van der Waals surface area contributed by atoms with Gasteiger partial charge in [0.05, 0.1) is 10.7 Å². The standard InChI is InChI=1S/C14H13ClFN3O/c1-8-7-9(19-17)5-6-10(8)14(20)18-12-4-2-3-11(15)13(12)16/h2-7,19H,17H2,1H3,(H,18,20). The molecule has 0 unspecified atom stereocenters. The Hall–Kier alpha value is -2.11. The highest BCUT2D eigenvalue weighted by atomic mass is 35.5. The predicted molar refractivity (Wildman–Crippen MR) is 78.4 cm³/mol. The number of carbonyl (C=O) groups excluding carboxylic acids is 1. The second kappa shape index (κ2) is 5.90. The van der Waals surface area contributed by atoms with Crippen LogP contribution in [0.15, 0.2) is 36.4 Å². The average molecular weight is 294 g/mol. The number of nitrogen functional groups attached to an aromatic ring is 1. The number of nitrogens with one attached hydrogen (secondary N) is 2. The van der Waals surface area contributed by atoms with Gasteiger partial charge in [-0.2, -0.15) is 0 Å². The van der Waals surface area contributed by atoms with Crippen LogP contribution in [0.2, 0.25) is 5.02 Å². The second-order valence-electron chi connectivity index (χ2n) is 4.23. The zero-order valence-electron chi connectivity index (χ0n) is 10.7. The van der Waals surface area contributed by atoms with Crippen LogP contribution in [0, 0.1) is 12.7 Å². The topological polar surface area (TPSA) is 67.1 Å². The van der Waals surface area contributed by atoms with Crippen molar-refractivity contribution in [1.29, 1.82) is 0 Å². The number of carbonyl (C=O) groups is 1. The second-order valence-corrected chi connectivity index (χ2v) is 4.64. The Morgan fingerprint density at radius 1 is 1.30 bits per heavy atom. The van der Waals surface area contributed by atoms with Gasteiger partial charge >= 0.3 is 0 Å². The number of rotatable bonds is 3. The molecule has 2 rings (SSSR count). The lowest BCUT2D eigenvalue weighted by Gasteiger charge is -2.10. The van der Waals surface area contributed by atoms with Gasteiger partial charge in [0.15, 0.2) is 5.82 Å². The quantitative estimate of drug-likeness (QED) is 0.601. The molecule has 2 aromatic carbocycles. The molecule has 0 saturated carbocycles. The highest BCUT2D eigenvalue weighted by Gasteiger charge is 2.13. The number of anilines is 2. The van der Waals surface area contributed by atoms with Gasteiger partial charge in [0.1, 0.15) is 0 Å². The van der Waals surface area contributed by atoms with Crippen molar-refractivity contribution < 1.29 is 9.18 Å². The number of benzene rings is 2. The minimum Gasteiger partial charge on any atom is -0.324 e. The van der Waals surface area contributed by atoms with Crippen LogP contribution >= 0.6 is 11.6 Å². The van der Waals surface area contributed by atoms with E-state index in [9.17, 15) is 9.18 Å². The van der Waals surface area contributed by atoms with Crippen LogP contribution in [0.3, 0.4) is 0 Å². The van der Waals surface area contributed by atoms with Crippen LogP contribution in [0.4, 0.5) is 15.8 Å². The average Bonchev–Trinajstić information content (AvgIpc) is 2.43. The van der Waals surface area contributed by atoms with Crippen molar-refractivity contribution in [3.8, 4) is 0 Å². The smallest absolute Gasteiger partial charge is 0.256 e. The van der Waals surface area contributed by atoms with Crippen molar-refractivity contribution >= 4 is 28.9 Å². The molecule has 104 valence electrons. The summed E-state index contributed by atoms with van der Waals surface area (Å²) in [5, 5.41) is 2.46. The fourth-order valence-corrected chi connectivity index (χ4v) is 1.97. The van der Waals surface area contributed by atoms with E-state index >= 15 is 0 Å². The van der Waals surface area contributed by atoms with Crippen molar-refractivity contribution in [2.24, 2.45) is 5.84 Å². The normalized spacial score (nSPS) is 10.2. The van der Waals surface area contributed by atoms with Crippen LogP contribution in [0.25, 0.3) is 0 Å². The molecule has 0 aliphatic carbocycles. The largest absolute Gasteiger partial charge is 0.324 e. The number of hydrazine groups is 1. The van der Waals surface area contributed by atoms with E-state index in [0.29, 0.717) is 11.3 Å². The zero-order valence-corrected chi connectivity index (χ0v) is 11.5. The molecule has 0 heterocycles. The monoisotopic (exact) mass is 293 g/mol. The van der Waals surface area contributed by atoms with Gasteiger partial charge < -0.3 is 10.7 Å². The Morgan fingerprint density at radius 3 is 2.70 bits per heavy atom. The van der Waals surface area contributed by atoms with Gasteiger partial charge in [0.25, 0.3) is 5.91 Å². The number of nitrogens with two attached hydrogens (primary N) is 1. The van der Waals surface area contributed by atoms with E-state index in [-0.39, 0.29) is 10.7 Å². The van der Waals surface area contributed by atoms with Gasteiger partial charge in [-0.3, -0.25) is 10.6 Å². The van der Waals surface area contributed by atoms with Crippen molar-refractivity contribution in [3.63, 3.8) is 0 Å². The van der Waals surface area contributed by atoms with Gasteiger partial charge in [-0.1, -0.05) is 17.7 Å². The fraction of sp³-hybridized carbons (Fsp3) is 0.0714. The third-order valence-corrected chi connectivity index (χ3v) is 3.13. The number of amides is 1. The van der Waals surface area contributed by atoms with E-state index in [4.69, 9.17) is 17.4 Å². The maximum absolute atomic E-state index is 13.7. The van der Waals surface area contributed by atoms with Gasteiger partial charge in [-0.25, -0.2) is 4.39 Å². The number of hydrogen-bond donors (Lipinski definition) is 3. The molecule has 0 radical (unpaired) electrons. The molecule has 2 aromatic rings. The van der Waals surface area contributed by atoms with Crippen molar-refractivity contribution in [3.05, 3.63) is 58.4 Å². The molecule has 6 heteroatoms. The summed E-state index contributed by atoms with van der Waals surface area (Å²) in [4.78, 5) is 12.1. The molecule has 4 N–H and O–H groups in total. The molecule has 0 aromatic heterocycles. The summed E-state index contributed by atoms with van der Waals surface area (Å²) in [5.41, 5.74) is 4.38. The first-order valence-corrected chi connectivity index (χ1v) is 6.23. The van der Waals surface area contributed by atoms with E-state index in [1.54, 1.807) is 31.2 Å². The Balaban J connectivity index is 2.26. The van der Waals surface area contributed by atoms with Crippen molar-refractivity contribution in [2.45, 2.75) is 6.92 Å². The Morgan fingerprint density at radius 2 is 2.05 bits per heavy atom. The van der Waals surface area contributed by atoms with E-state index in [2.05, 4.69) is 10.7 Å². The van der Waals surface area contributed by atoms with E-state index in [1.807, 2.05) is 0 Å². The first-order chi connectivity index (χ1) is 9.52. The fourth-order valence-electron chi connectivity index (χ4n) is 1.80. The minimum atomic E-state index is -0.652. The molecule has 0 aliphatic heterocycles. The summed E-state index contributed by atoms with van der Waals surface area (Å²) >= 11 is 5.67. The third kappa shape index (κ3) is 2.89. The van der Waals surface area contributed by atoms with Gasteiger partial charge in [0.2, 0.25) is 0 Å². The first kappa shape index (κ1) is 14.3. The van der Waals surface area contributed by atoms with Gasteiger partial charge in [-0.05, 0) is 42.8 Å². The van der Waals surface area contributed by atoms with Gasteiger partial charge in [0, 0.05) is 11.3 Å².